The molecule has 3 heterocycles. The molecule has 0 bridgehead atoms. The third-order valence-electron chi connectivity index (χ3n) is 4.66. The third-order valence-corrected chi connectivity index (χ3v) is 4.66. The Morgan fingerprint density at radius 2 is 1.92 bits per heavy atom. The Morgan fingerprint density at radius 1 is 1.21 bits per heavy atom. The van der Waals surface area contributed by atoms with Crippen LogP contribution in [0.1, 0.15) is 38.7 Å². The minimum Gasteiger partial charge on any atom is -0.372 e. The lowest BCUT2D eigenvalue weighted by Crippen LogP contribution is -2.45. The van der Waals surface area contributed by atoms with Crippen LogP contribution in [-0.4, -0.2) is 54.2 Å². The average molecular weight is 331 g/mol. The Labute approximate surface area is 144 Å². The summed E-state index contributed by atoms with van der Waals surface area (Å²) in [4.78, 5) is 13.6. The van der Waals surface area contributed by atoms with E-state index in [2.05, 4.69) is 45.8 Å². The first kappa shape index (κ1) is 17.0. The van der Waals surface area contributed by atoms with Crippen molar-refractivity contribution in [2.75, 3.05) is 31.1 Å². The van der Waals surface area contributed by atoms with E-state index in [1.165, 1.54) is 19.3 Å². The van der Waals surface area contributed by atoms with Crippen molar-refractivity contribution in [3.63, 3.8) is 0 Å². The lowest BCUT2D eigenvalue weighted by Gasteiger charge is -2.36. The number of aliphatic imine (C=N–C) groups is 1. The number of piperidine rings is 1. The molecule has 6 nitrogen and oxygen atoms in total. The second-order valence-electron chi connectivity index (χ2n) is 6.91. The van der Waals surface area contributed by atoms with Crippen LogP contribution in [0.3, 0.4) is 0 Å². The molecule has 2 saturated heterocycles. The minimum absolute atomic E-state index is 0.240. The lowest BCUT2D eigenvalue weighted by atomic mass is 10.1. The summed E-state index contributed by atoms with van der Waals surface area (Å²) in [5.74, 6) is 1.67. The molecule has 1 aromatic rings. The van der Waals surface area contributed by atoms with Crippen molar-refractivity contribution in [3.05, 3.63) is 23.9 Å². The first-order chi connectivity index (χ1) is 11.6. The molecular formula is C18H29N5O. The summed E-state index contributed by atoms with van der Waals surface area (Å²) >= 11 is 0. The molecular weight excluding hydrogens is 302 g/mol. The van der Waals surface area contributed by atoms with Gasteiger partial charge in [0.15, 0.2) is 5.96 Å². The molecule has 0 aromatic carbocycles. The number of nitrogens with two attached hydrogens (primary N) is 1. The number of likely N-dealkylation sites (tertiary alicyclic amines) is 1. The zero-order valence-electron chi connectivity index (χ0n) is 14.8. The highest BCUT2D eigenvalue weighted by molar-refractivity contribution is 5.78. The first-order valence-electron chi connectivity index (χ1n) is 9.02. The van der Waals surface area contributed by atoms with Gasteiger partial charge in [-0.15, -0.1) is 0 Å². The third kappa shape index (κ3) is 4.38. The summed E-state index contributed by atoms with van der Waals surface area (Å²) in [6.45, 7) is 8.63. The van der Waals surface area contributed by atoms with E-state index >= 15 is 0 Å². The van der Waals surface area contributed by atoms with E-state index in [0.717, 1.165) is 37.6 Å². The number of rotatable bonds is 3. The molecule has 3 rings (SSSR count). The van der Waals surface area contributed by atoms with Gasteiger partial charge < -0.3 is 20.3 Å². The SMILES string of the molecule is CC1CN(c2ccc(CN=C(N)N3CCCCC3)cn2)CC(C)O1. The maximum atomic E-state index is 6.11. The van der Waals surface area contributed by atoms with Crippen molar-refractivity contribution in [3.8, 4) is 0 Å². The van der Waals surface area contributed by atoms with Gasteiger partial charge in [-0.1, -0.05) is 6.07 Å². The lowest BCUT2D eigenvalue weighted by molar-refractivity contribution is -0.00545. The van der Waals surface area contributed by atoms with Crippen LogP contribution in [0.2, 0.25) is 0 Å². The Hall–Kier alpha value is -1.82. The van der Waals surface area contributed by atoms with Gasteiger partial charge in [0.05, 0.1) is 18.8 Å². The smallest absolute Gasteiger partial charge is 0.191 e. The van der Waals surface area contributed by atoms with Crippen molar-refractivity contribution < 1.29 is 4.74 Å². The van der Waals surface area contributed by atoms with Gasteiger partial charge in [0.1, 0.15) is 5.82 Å². The topological polar surface area (TPSA) is 67.0 Å². The van der Waals surface area contributed by atoms with Gasteiger partial charge in [-0.25, -0.2) is 9.98 Å². The second-order valence-corrected chi connectivity index (χ2v) is 6.91. The maximum absolute atomic E-state index is 6.11. The summed E-state index contributed by atoms with van der Waals surface area (Å²) in [6, 6.07) is 4.17. The molecule has 0 radical (unpaired) electrons. The number of pyridine rings is 1. The van der Waals surface area contributed by atoms with E-state index in [-0.39, 0.29) is 12.2 Å². The Kier molecular flexibility index (Phi) is 5.56. The highest BCUT2D eigenvalue weighted by Crippen LogP contribution is 2.18. The molecule has 0 aliphatic carbocycles. The van der Waals surface area contributed by atoms with Gasteiger partial charge in [0, 0.05) is 32.4 Å². The number of hydrogen-bond acceptors (Lipinski definition) is 4. The predicted molar refractivity (Wildman–Crippen MR) is 97.2 cm³/mol. The van der Waals surface area contributed by atoms with Gasteiger partial charge in [-0.2, -0.15) is 0 Å². The molecule has 2 aliphatic heterocycles. The van der Waals surface area contributed by atoms with Crippen LogP contribution in [0, 0.1) is 0 Å². The van der Waals surface area contributed by atoms with E-state index in [4.69, 9.17) is 10.5 Å². The molecule has 132 valence electrons. The summed E-state index contributed by atoms with van der Waals surface area (Å²) in [7, 11) is 0. The molecule has 0 spiro atoms. The number of aromatic nitrogens is 1. The van der Waals surface area contributed by atoms with E-state index in [0.29, 0.717) is 12.5 Å². The van der Waals surface area contributed by atoms with Crippen LogP contribution in [0.5, 0.6) is 0 Å². The number of guanidine groups is 1. The molecule has 24 heavy (non-hydrogen) atoms. The second kappa shape index (κ2) is 7.83. The summed E-state index contributed by atoms with van der Waals surface area (Å²) in [5, 5.41) is 0. The number of anilines is 1. The summed E-state index contributed by atoms with van der Waals surface area (Å²) < 4.78 is 5.78. The first-order valence-corrected chi connectivity index (χ1v) is 9.02. The number of morpholine rings is 1. The molecule has 0 saturated carbocycles. The molecule has 2 fully saturated rings. The van der Waals surface area contributed by atoms with E-state index in [1.54, 1.807) is 0 Å². The number of ether oxygens (including phenoxy) is 1. The maximum Gasteiger partial charge on any atom is 0.191 e. The van der Waals surface area contributed by atoms with Crippen molar-refractivity contribution in [2.45, 2.75) is 51.9 Å². The van der Waals surface area contributed by atoms with Crippen LogP contribution < -0.4 is 10.6 Å². The average Bonchev–Trinajstić information content (AvgIpc) is 2.60. The van der Waals surface area contributed by atoms with Crippen LogP contribution in [0.15, 0.2) is 23.3 Å². The molecule has 2 unspecified atom stereocenters. The van der Waals surface area contributed by atoms with E-state index in [1.807, 2.05) is 6.20 Å². The van der Waals surface area contributed by atoms with Crippen molar-refractivity contribution in [2.24, 2.45) is 10.7 Å². The largest absolute Gasteiger partial charge is 0.372 e. The highest BCUT2D eigenvalue weighted by Gasteiger charge is 2.22. The standard InChI is InChI=1S/C18H29N5O/c1-14-12-23(13-15(2)24-14)17-7-6-16(10-20-17)11-21-18(19)22-8-4-3-5-9-22/h6-7,10,14-15H,3-5,8-9,11-13H2,1-2H3,(H2,19,21). The van der Waals surface area contributed by atoms with Gasteiger partial charge in [0.25, 0.3) is 0 Å². The Morgan fingerprint density at radius 3 is 2.54 bits per heavy atom. The Balaban J connectivity index is 1.58. The molecule has 2 atom stereocenters. The Bertz CT molecular complexity index is 543. The fourth-order valence-electron chi connectivity index (χ4n) is 3.46. The normalized spacial score (nSPS) is 25.8. The fourth-order valence-corrected chi connectivity index (χ4v) is 3.46. The van der Waals surface area contributed by atoms with Crippen molar-refractivity contribution in [1.82, 2.24) is 9.88 Å². The molecule has 6 heteroatoms. The van der Waals surface area contributed by atoms with Gasteiger partial charge in [-0.3, -0.25) is 0 Å². The number of nitrogens with zero attached hydrogens (tertiary/aromatic N) is 4. The molecule has 2 aliphatic rings. The predicted octanol–water partition coefficient (Wildman–Crippen LogP) is 2.00. The summed E-state index contributed by atoms with van der Waals surface area (Å²) in [6.07, 6.45) is 6.11. The van der Waals surface area contributed by atoms with Crippen molar-refractivity contribution >= 4 is 11.8 Å². The summed E-state index contributed by atoms with van der Waals surface area (Å²) in [5.41, 5.74) is 7.20. The highest BCUT2D eigenvalue weighted by atomic mass is 16.5. The van der Waals surface area contributed by atoms with Crippen LogP contribution >= 0.6 is 0 Å². The quantitative estimate of drug-likeness (QED) is 0.678. The van der Waals surface area contributed by atoms with E-state index < -0.39 is 0 Å². The monoisotopic (exact) mass is 331 g/mol. The fraction of sp³-hybridized carbons (Fsp3) is 0.667. The molecule has 2 N–H and O–H groups in total. The van der Waals surface area contributed by atoms with Crippen molar-refractivity contribution in [1.29, 1.82) is 0 Å². The van der Waals surface area contributed by atoms with Crippen LogP contribution in [0.4, 0.5) is 5.82 Å². The number of hydrogen-bond donors (Lipinski definition) is 1. The minimum atomic E-state index is 0.240. The molecule has 1 aromatic heterocycles. The zero-order valence-corrected chi connectivity index (χ0v) is 14.8. The van der Waals surface area contributed by atoms with Gasteiger partial charge >= 0.3 is 0 Å². The molecule has 0 amide bonds. The van der Waals surface area contributed by atoms with E-state index in [9.17, 15) is 0 Å². The van der Waals surface area contributed by atoms with Crippen LogP contribution in [0.25, 0.3) is 0 Å². The zero-order chi connectivity index (χ0) is 16.9. The van der Waals surface area contributed by atoms with Crippen LogP contribution in [-0.2, 0) is 11.3 Å². The van der Waals surface area contributed by atoms with Gasteiger partial charge in [-0.05, 0) is 44.7 Å². The van der Waals surface area contributed by atoms with Gasteiger partial charge in [0.2, 0.25) is 0 Å².